The number of hydrogen-bond donors (Lipinski definition) is 0. The number of halogens is 1. The van der Waals surface area contributed by atoms with Crippen molar-refractivity contribution < 1.29 is 9.18 Å². The fourth-order valence-corrected chi connectivity index (χ4v) is 3.33. The van der Waals surface area contributed by atoms with Crippen molar-refractivity contribution in [3.8, 4) is 0 Å². The van der Waals surface area contributed by atoms with Crippen LogP contribution >= 0.6 is 0 Å². The Labute approximate surface area is 154 Å². The lowest BCUT2D eigenvalue weighted by Crippen LogP contribution is -2.50. The molecule has 0 unspecified atom stereocenters. The van der Waals surface area contributed by atoms with Gasteiger partial charge in [-0.1, -0.05) is 12.1 Å². The summed E-state index contributed by atoms with van der Waals surface area (Å²) in [5, 5.41) is 4.41. The normalized spacial score (nSPS) is 14.7. The fraction of sp³-hybridized carbons (Fsp3) is 0.333. The number of amides is 1. The molecule has 0 spiro atoms. The maximum Gasteiger partial charge on any atom is 0.264 e. The second kappa shape index (κ2) is 6.82. The van der Waals surface area contributed by atoms with Gasteiger partial charge in [0.05, 0.1) is 11.9 Å². The summed E-state index contributed by atoms with van der Waals surface area (Å²) in [7, 11) is 1.71. The van der Waals surface area contributed by atoms with Crippen LogP contribution in [0.1, 0.15) is 0 Å². The smallest absolute Gasteiger partial charge is 0.264 e. The second-order valence-electron chi connectivity index (χ2n) is 6.50. The summed E-state index contributed by atoms with van der Waals surface area (Å²) in [5.74, 6) is -0.421. The molecule has 9 heteroatoms. The van der Waals surface area contributed by atoms with Crippen LogP contribution in [0.15, 0.2) is 41.6 Å². The molecule has 3 aromatic rings. The average Bonchev–Trinajstić information content (AvgIpc) is 3.06. The van der Waals surface area contributed by atoms with Crippen molar-refractivity contribution in [2.24, 2.45) is 7.05 Å². The highest BCUT2D eigenvalue weighted by Gasteiger charge is 2.23. The van der Waals surface area contributed by atoms with Crippen LogP contribution in [0.4, 0.5) is 10.1 Å². The highest BCUT2D eigenvalue weighted by Crippen LogP contribution is 2.20. The van der Waals surface area contributed by atoms with E-state index in [1.165, 1.54) is 27.8 Å². The van der Waals surface area contributed by atoms with E-state index in [0.717, 1.165) is 0 Å². The molecular formula is C18H19FN6O2. The topological polar surface area (TPSA) is 76.3 Å². The van der Waals surface area contributed by atoms with Gasteiger partial charge in [0.1, 0.15) is 24.1 Å². The summed E-state index contributed by atoms with van der Waals surface area (Å²) in [6.07, 6.45) is 2.83. The van der Waals surface area contributed by atoms with Crippen LogP contribution in [-0.2, 0) is 18.4 Å². The number of aromatic nitrogens is 4. The van der Waals surface area contributed by atoms with E-state index >= 15 is 0 Å². The van der Waals surface area contributed by atoms with Gasteiger partial charge in [-0.25, -0.2) is 9.37 Å². The summed E-state index contributed by atoms with van der Waals surface area (Å²) in [6.45, 7) is 1.97. The molecule has 0 saturated carbocycles. The van der Waals surface area contributed by atoms with Gasteiger partial charge in [0, 0.05) is 33.2 Å². The van der Waals surface area contributed by atoms with Crippen LogP contribution < -0.4 is 10.5 Å². The Morgan fingerprint density at radius 1 is 1.19 bits per heavy atom. The molecule has 1 aromatic carbocycles. The molecule has 3 heterocycles. The molecule has 1 fully saturated rings. The number of nitrogens with zero attached hydrogens (tertiary/aromatic N) is 6. The van der Waals surface area contributed by atoms with Crippen molar-refractivity contribution in [2.75, 3.05) is 31.1 Å². The molecule has 1 amide bonds. The Morgan fingerprint density at radius 2 is 1.93 bits per heavy atom. The predicted octanol–water partition coefficient (Wildman–Crippen LogP) is 0.618. The number of rotatable bonds is 3. The Kier molecular flexibility index (Phi) is 4.35. The van der Waals surface area contributed by atoms with Crippen molar-refractivity contribution in [2.45, 2.75) is 6.54 Å². The molecule has 140 valence electrons. The summed E-state index contributed by atoms with van der Waals surface area (Å²) in [5.41, 5.74) is 0.751. The first-order chi connectivity index (χ1) is 13.0. The van der Waals surface area contributed by atoms with E-state index in [-0.39, 0.29) is 23.8 Å². The lowest BCUT2D eigenvalue weighted by Gasteiger charge is -2.36. The number of anilines is 1. The van der Waals surface area contributed by atoms with E-state index < -0.39 is 0 Å². The molecule has 0 atom stereocenters. The maximum atomic E-state index is 13.9. The van der Waals surface area contributed by atoms with Gasteiger partial charge in [0.25, 0.3) is 5.56 Å². The van der Waals surface area contributed by atoms with Gasteiger partial charge in [0.15, 0.2) is 5.65 Å². The van der Waals surface area contributed by atoms with Crippen molar-refractivity contribution in [1.82, 2.24) is 24.2 Å². The molecule has 1 aliphatic heterocycles. The first-order valence-electron chi connectivity index (χ1n) is 8.69. The molecule has 0 aliphatic carbocycles. The highest BCUT2D eigenvalue weighted by molar-refractivity contribution is 5.77. The summed E-state index contributed by atoms with van der Waals surface area (Å²) in [6, 6.07) is 6.62. The zero-order chi connectivity index (χ0) is 19.0. The van der Waals surface area contributed by atoms with Crippen LogP contribution in [0.5, 0.6) is 0 Å². The van der Waals surface area contributed by atoms with Gasteiger partial charge in [-0.05, 0) is 12.1 Å². The van der Waals surface area contributed by atoms with E-state index in [1.54, 1.807) is 30.1 Å². The van der Waals surface area contributed by atoms with Gasteiger partial charge in [0.2, 0.25) is 5.91 Å². The zero-order valence-electron chi connectivity index (χ0n) is 14.9. The van der Waals surface area contributed by atoms with Crippen LogP contribution in [0.25, 0.3) is 11.0 Å². The number of aryl methyl sites for hydroxylation is 1. The molecule has 1 aliphatic rings. The monoisotopic (exact) mass is 370 g/mol. The molecule has 27 heavy (non-hydrogen) atoms. The maximum absolute atomic E-state index is 13.9. The number of piperazine rings is 1. The first kappa shape index (κ1) is 17.2. The van der Waals surface area contributed by atoms with Crippen LogP contribution in [0.3, 0.4) is 0 Å². The number of benzene rings is 1. The minimum absolute atomic E-state index is 0.0730. The Morgan fingerprint density at radius 3 is 2.67 bits per heavy atom. The zero-order valence-corrected chi connectivity index (χ0v) is 14.9. The lowest BCUT2D eigenvalue weighted by atomic mass is 10.2. The van der Waals surface area contributed by atoms with Crippen molar-refractivity contribution >= 4 is 22.6 Å². The number of fused-ring (bicyclic) bond motifs is 1. The van der Waals surface area contributed by atoms with Gasteiger partial charge in [-0.15, -0.1) is 0 Å². The van der Waals surface area contributed by atoms with Crippen LogP contribution in [0.2, 0.25) is 0 Å². The van der Waals surface area contributed by atoms with Gasteiger partial charge >= 0.3 is 0 Å². The third-order valence-corrected chi connectivity index (χ3v) is 4.85. The van der Waals surface area contributed by atoms with E-state index in [0.29, 0.717) is 42.9 Å². The van der Waals surface area contributed by atoms with Crippen LogP contribution in [0, 0.1) is 5.82 Å². The number of carbonyl (C=O) groups is 1. The van der Waals surface area contributed by atoms with Crippen molar-refractivity contribution in [1.29, 1.82) is 0 Å². The molecule has 1 saturated heterocycles. The van der Waals surface area contributed by atoms with E-state index in [2.05, 4.69) is 10.1 Å². The third-order valence-electron chi connectivity index (χ3n) is 4.85. The Bertz CT molecular complexity index is 1050. The molecular weight excluding hydrogens is 351 g/mol. The van der Waals surface area contributed by atoms with E-state index in [4.69, 9.17) is 0 Å². The Balaban J connectivity index is 1.44. The van der Waals surface area contributed by atoms with Gasteiger partial charge in [-0.3, -0.25) is 18.8 Å². The largest absolute Gasteiger partial charge is 0.366 e. The predicted molar refractivity (Wildman–Crippen MR) is 98.0 cm³/mol. The lowest BCUT2D eigenvalue weighted by molar-refractivity contribution is -0.132. The average molecular weight is 370 g/mol. The molecule has 0 N–H and O–H groups in total. The molecule has 8 nitrogen and oxygen atoms in total. The Hall–Kier alpha value is -3.23. The van der Waals surface area contributed by atoms with Gasteiger partial charge < -0.3 is 9.80 Å². The summed E-state index contributed by atoms with van der Waals surface area (Å²) in [4.78, 5) is 32.9. The SMILES string of the molecule is Cn1ncc2c(=O)n(CC(=O)N3CCN(c4ccccc4F)CC3)cnc21. The molecule has 0 bridgehead atoms. The number of carbonyl (C=O) groups excluding carboxylic acids is 1. The third kappa shape index (κ3) is 3.16. The van der Waals surface area contributed by atoms with Crippen molar-refractivity contribution in [3.63, 3.8) is 0 Å². The summed E-state index contributed by atoms with van der Waals surface area (Å²) < 4.78 is 16.7. The van der Waals surface area contributed by atoms with E-state index in [1.807, 2.05) is 4.90 Å². The molecule has 2 aromatic heterocycles. The minimum Gasteiger partial charge on any atom is -0.366 e. The fourth-order valence-electron chi connectivity index (χ4n) is 3.33. The van der Waals surface area contributed by atoms with Crippen molar-refractivity contribution in [3.05, 3.63) is 53.0 Å². The quantitative estimate of drug-likeness (QED) is 0.676. The first-order valence-corrected chi connectivity index (χ1v) is 8.69. The summed E-state index contributed by atoms with van der Waals surface area (Å²) >= 11 is 0. The highest BCUT2D eigenvalue weighted by atomic mass is 19.1. The minimum atomic E-state index is -0.286. The standard InChI is InChI=1S/C18H19FN6O2/c1-22-17-13(10-21-22)18(27)25(12-20-17)11-16(26)24-8-6-23(7-9-24)15-5-3-2-4-14(15)19/h2-5,10,12H,6-9,11H2,1H3. The molecule has 0 radical (unpaired) electrons. The van der Waals surface area contributed by atoms with E-state index in [9.17, 15) is 14.0 Å². The molecule has 4 rings (SSSR count). The number of hydrogen-bond acceptors (Lipinski definition) is 5. The van der Waals surface area contributed by atoms with Gasteiger partial charge in [-0.2, -0.15) is 5.10 Å². The second-order valence-corrected chi connectivity index (χ2v) is 6.50. The number of para-hydroxylation sites is 1. The van der Waals surface area contributed by atoms with Crippen LogP contribution in [-0.4, -0.2) is 56.3 Å².